The maximum absolute atomic E-state index is 2.32. The minimum absolute atomic E-state index is 0.986. The Kier molecular flexibility index (Phi) is 10.6. The Balaban J connectivity index is 0.000000399. The van der Waals surface area contributed by atoms with Crippen LogP contribution in [0.3, 0.4) is 0 Å². The summed E-state index contributed by atoms with van der Waals surface area (Å²) in [4.78, 5) is 0. The second kappa shape index (κ2) is 11.1. The molecule has 110 valence electrons. The molecule has 0 aliphatic carbocycles. The van der Waals surface area contributed by atoms with Crippen LogP contribution >= 0.6 is 0 Å². The van der Waals surface area contributed by atoms with Crippen LogP contribution in [-0.4, -0.2) is 0 Å². The van der Waals surface area contributed by atoms with Crippen molar-refractivity contribution in [3.8, 4) is 0 Å². The lowest BCUT2D eigenvalue weighted by atomic mass is 10.0. The molecule has 0 aromatic heterocycles. The third-order valence-corrected chi connectivity index (χ3v) is 4.07. The topological polar surface area (TPSA) is 0 Å². The molecular weight excluding hydrogens is 228 g/mol. The van der Waals surface area contributed by atoms with E-state index >= 15 is 0 Å². The molecular formula is C19H34. The lowest BCUT2D eigenvalue weighted by Gasteiger charge is -2.05. The SMILES string of the molecule is CCC(CC)CC.CCc1cc(CC)cc(CC)c1. The molecule has 0 unspecified atom stereocenters. The number of rotatable bonds is 6. The van der Waals surface area contributed by atoms with Crippen LogP contribution in [0.2, 0.25) is 0 Å². The molecule has 0 atom stereocenters. The van der Waals surface area contributed by atoms with Gasteiger partial charge in [-0.25, -0.2) is 0 Å². The Hall–Kier alpha value is -0.780. The second-order valence-corrected chi connectivity index (χ2v) is 5.31. The van der Waals surface area contributed by atoms with Crippen molar-refractivity contribution in [3.63, 3.8) is 0 Å². The van der Waals surface area contributed by atoms with E-state index in [1.165, 1.54) is 36.0 Å². The van der Waals surface area contributed by atoms with Crippen LogP contribution in [0.1, 0.15) is 77.5 Å². The van der Waals surface area contributed by atoms with Crippen molar-refractivity contribution in [2.75, 3.05) is 0 Å². The Morgan fingerprint density at radius 1 is 0.579 bits per heavy atom. The van der Waals surface area contributed by atoms with Gasteiger partial charge in [-0.1, -0.05) is 79.0 Å². The normalized spacial score (nSPS) is 10.3. The predicted octanol–water partition coefficient (Wildman–Crippen LogP) is 6.21. The molecule has 0 radical (unpaired) electrons. The summed E-state index contributed by atoms with van der Waals surface area (Å²) in [5, 5.41) is 0. The summed E-state index contributed by atoms with van der Waals surface area (Å²) in [6.45, 7) is 13.4. The lowest BCUT2D eigenvalue weighted by molar-refractivity contribution is 0.477. The van der Waals surface area contributed by atoms with Gasteiger partial charge < -0.3 is 0 Å². The molecule has 0 heterocycles. The first-order valence-electron chi connectivity index (χ1n) is 8.26. The van der Waals surface area contributed by atoms with E-state index in [-0.39, 0.29) is 0 Å². The Labute approximate surface area is 121 Å². The van der Waals surface area contributed by atoms with Crippen LogP contribution in [0.5, 0.6) is 0 Å². The van der Waals surface area contributed by atoms with E-state index in [4.69, 9.17) is 0 Å². The maximum atomic E-state index is 2.32. The zero-order valence-electron chi connectivity index (χ0n) is 14.1. The molecule has 0 bridgehead atoms. The van der Waals surface area contributed by atoms with Gasteiger partial charge in [0.2, 0.25) is 0 Å². The van der Waals surface area contributed by atoms with Crippen molar-refractivity contribution in [2.24, 2.45) is 5.92 Å². The van der Waals surface area contributed by atoms with Crippen LogP contribution in [0.4, 0.5) is 0 Å². The number of benzene rings is 1. The van der Waals surface area contributed by atoms with Gasteiger partial charge >= 0.3 is 0 Å². The summed E-state index contributed by atoms with van der Waals surface area (Å²) in [6, 6.07) is 6.96. The molecule has 0 spiro atoms. The van der Waals surface area contributed by atoms with E-state index in [2.05, 4.69) is 59.7 Å². The highest BCUT2D eigenvalue weighted by Crippen LogP contribution is 2.12. The highest BCUT2D eigenvalue weighted by Gasteiger charge is 1.97. The first-order chi connectivity index (χ1) is 9.14. The van der Waals surface area contributed by atoms with Crippen LogP contribution in [0, 0.1) is 5.92 Å². The van der Waals surface area contributed by atoms with Gasteiger partial charge in [-0.2, -0.15) is 0 Å². The number of aryl methyl sites for hydroxylation is 3. The third-order valence-electron chi connectivity index (χ3n) is 4.07. The molecule has 0 aliphatic rings. The number of hydrogen-bond donors (Lipinski definition) is 0. The van der Waals surface area contributed by atoms with Gasteiger partial charge in [0.25, 0.3) is 0 Å². The smallest absolute Gasteiger partial charge is 0.0307 e. The quantitative estimate of drug-likeness (QED) is 0.572. The Morgan fingerprint density at radius 2 is 0.842 bits per heavy atom. The summed E-state index contributed by atoms with van der Waals surface area (Å²) in [6.07, 6.45) is 7.52. The summed E-state index contributed by atoms with van der Waals surface area (Å²) >= 11 is 0. The van der Waals surface area contributed by atoms with Crippen molar-refractivity contribution < 1.29 is 0 Å². The van der Waals surface area contributed by atoms with E-state index in [0.717, 1.165) is 25.2 Å². The maximum Gasteiger partial charge on any atom is -0.0307 e. The molecule has 0 fully saturated rings. The third kappa shape index (κ3) is 7.40. The zero-order valence-corrected chi connectivity index (χ0v) is 14.1. The largest absolute Gasteiger partial charge is 0.0651 e. The monoisotopic (exact) mass is 262 g/mol. The minimum atomic E-state index is 0.986. The molecule has 1 aromatic carbocycles. The highest BCUT2D eigenvalue weighted by atomic mass is 14.0. The predicted molar refractivity (Wildman–Crippen MR) is 88.9 cm³/mol. The fourth-order valence-electron chi connectivity index (χ4n) is 2.32. The summed E-state index contributed by atoms with van der Waals surface area (Å²) < 4.78 is 0. The minimum Gasteiger partial charge on any atom is -0.0651 e. The average molecular weight is 262 g/mol. The van der Waals surface area contributed by atoms with Gasteiger partial charge in [0.05, 0.1) is 0 Å². The van der Waals surface area contributed by atoms with Crippen molar-refractivity contribution in [1.82, 2.24) is 0 Å². The standard InChI is InChI=1S/C12H18.C7H16/c1-4-10-7-11(5-2)9-12(6-3)8-10;1-4-7(5-2)6-3/h7-9H,4-6H2,1-3H3;7H,4-6H2,1-3H3. The molecule has 0 amide bonds. The van der Waals surface area contributed by atoms with Gasteiger partial charge in [0.1, 0.15) is 0 Å². The van der Waals surface area contributed by atoms with E-state index in [1.807, 2.05) is 0 Å². The van der Waals surface area contributed by atoms with Gasteiger partial charge in [-0.15, -0.1) is 0 Å². The van der Waals surface area contributed by atoms with Gasteiger partial charge in [-0.3, -0.25) is 0 Å². The van der Waals surface area contributed by atoms with Crippen molar-refractivity contribution in [1.29, 1.82) is 0 Å². The Morgan fingerprint density at radius 3 is 0.947 bits per heavy atom. The second-order valence-electron chi connectivity index (χ2n) is 5.31. The fourth-order valence-corrected chi connectivity index (χ4v) is 2.32. The fraction of sp³-hybridized carbons (Fsp3) is 0.684. The molecule has 1 rings (SSSR count). The van der Waals surface area contributed by atoms with Gasteiger partial charge in [-0.05, 0) is 41.9 Å². The van der Waals surface area contributed by atoms with E-state index in [0.29, 0.717) is 0 Å². The lowest BCUT2D eigenvalue weighted by Crippen LogP contribution is -1.91. The summed E-state index contributed by atoms with van der Waals surface area (Å²) in [5.74, 6) is 0.986. The molecule has 0 N–H and O–H groups in total. The molecule has 0 saturated carbocycles. The van der Waals surface area contributed by atoms with Gasteiger partial charge in [0, 0.05) is 0 Å². The molecule has 1 aromatic rings. The summed E-state index contributed by atoms with van der Waals surface area (Å²) in [7, 11) is 0. The van der Waals surface area contributed by atoms with Crippen LogP contribution < -0.4 is 0 Å². The van der Waals surface area contributed by atoms with Crippen LogP contribution in [0.25, 0.3) is 0 Å². The molecule has 0 aliphatic heterocycles. The van der Waals surface area contributed by atoms with Crippen molar-refractivity contribution in [3.05, 3.63) is 34.9 Å². The molecule has 0 heteroatoms. The van der Waals surface area contributed by atoms with E-state index in [1.54, 1.807) is 0 Å². The molecule has 19 heavy (non-hydrogen) atoms. The van der Waals surface area contributed by atoms with Crippen molar-refractivity contribution >= 4 is 0 Å². The first kappa shape index (κ1) is 18.2. The molecule has 0 nitrogen and oxygen atoms in total. The van der Waals surface area contributed by atoms with Crippen molar-refractivity contribution in [2.45, 2.75) is 80.1 Å². The average Bonchev–Trinajstić information content (AvgIpc) is 2.49. The number of hydrogen-bond acceptors (Lipinski definition) is 0. The zero-order chi connectivity index (χ0) is 14.7. The first-order valence-corrected chi connectivity index (χ1v) is 8.26. The Bertz CT molecular complexity index is 260. The molecule has 0 saturated heterocycles. The van der Waals surface area contributed by atoms with Gasteiger partial charge in [0.15, 0.2) is 0 Å². The van der Waals surface area contributed by atoms with Crippen LogP contribution in [-0.2, 0) is 19.3 Å². The highest BCUT2D eigenvalue weighted by molar-refractivity contribution is 5.30. The van der Waals surface area contributed by atoms with E-state index in [9.17, 15) is 0 Å². The van der Waals surface area contributed by atoms with Crippen LogP contribution in [0.15, 0.2) is 18.2 Å². The van der Waals surface area contributed by atoms with E-state index < -0.39 is 0 Å². The summed E-state index contributed by atoms with van der Waals surface area (Å²) in [5.41, 5.74) is 4.43.